The van der Waals surface area contributed by atoms with Gasteiger partial charge in [-0.05, 0) is 12.8 Å². The van der Waals surface area contributed by atoms with Crippen molar-refractivity contribution < 1.29 is 9.59 Å². The number of nitrogen functional groups attached to an aromatic ring is 1. The fourth-order valence-corrected chi connectivity index (χ4v) is 3.21. The Balaban J connectivity index is 2.11. The van der Waals surface area contributed by atoms with Gasteiger partial charge < -0.3 is 27.0 Å². The molecule has 2 amide bonds. The van der Waals surface area contributed by atoms with Crippen LogP contribution in [0.1, 0.15) is 22.5 Å². The predicted molar refractivity (Wildman–Crippen MR) is 82.1 cm³/mol. The average Bonchev–Trinajstić information content (AvgIpc) is 2.80. The number of nitrogens with zero attached hydrogens (tertiary/aromatic N) is 3. The number of hydrogen-bond donors (Lipinski definition) is 3. The van der Waals surface area contributed by atoms with Gasteiger partial charge >= 0.3 is 0 Å². The third-order valence-electron chi connectivity index (χ3n) is 3.39. The molecule has 0 atom stereocenters. The van der Waals surface area contributed by atoms with E-state index in [0.29, 0.717) is 4.88 Å². The van der Waals surface area contributed by atoms with Crippen LogP contribution in [0.4, 0.5) is 10.9 Å². The van der Waals surface area contributed by atoms with E-state index < -0.39 is 5.91 Å². The third-order valence-corrected chi connectivity index (χ3v) is 4.51. The number of likely N-dealkylation sites (N-methyl/N-ethyl adjacent to an activating group) is 1. The van der Waals surface area contributed by atoms with Gasteiger partial charge in [0.1, 0.15) is 10.7 Å². The van der Waals surface area contributed by atoms with E-state index in [-0.39, 0.29) is 24.3 Å². The smallest absolute Gasteiger partial charge is 0.268 e. The second-order valence-electron chi connectivity index (χ2n) is 5.16. The van der Waals surface area contributed by atoms with Crippen LogP contribution < -0.4 is 22.1 Å². The second kappa shape index (κ2) is 6.27. The first kappa shape index (κ1) is 15.5. The van der Waals surface area contributed by atoms with Crippen molar-refractivity contribution >= 4 is 34.1 Å². The van der Waals surface area contributed by atoms with E-state index in [1.54, 1.807) is 0 Å². The fraction of sp³-hybridized carbons (Fsp3) is 0.583. The number of aromatic nitrogens is 1. The Kier molecular flexibility index (Phi) is 4.63. The summed E-state index contributed by atoms with van der Waals surface area (Å²) in [4.78, 5) is 31.0. The molecule has 8 nitrogen and oxygen atoms in total. The largest absolute Gasteiger partial charge is 0.382 e. The summed E-state index contributed by atoms with van der Waals surface area (Å²) in [5.74, 6) is -0.728. The highest BCUT2D eigenvalue weighted by Gasteiger charge is 2.24. The number of amides is 2. The second-order valence-corrected chi connectivity index (χ2v) is 6.14. The molecule has 0 aliphatic carbocycles. The van der Waals surface area contributed by atoms with E-state index >= 15 is 0 Å². The van der Waals surface area contributed by atoms with Crippen LogP contribution in [-0.2, 0) is 4.79 Å². The number of thiazole rings is 1. The Hall–Kier alpha value is -1.87. The molecule has 1 fully saturated rings. The molecule has 6 N–H and O–H groups in total. The zero-order valence-electron chi connectivity index (χ0n) is 11.9. The van der Waals surface area contributed by atoms with Crippen LogP contribution in [0.25, 0.3) is 0 Å². The minimum atomic E-state index is -0.570. The van der Waals surface area contributed by atoms with Crippen LogP contribution in [0.5, 0.6) is 0 Å². The van der Waals surface area contributed by atoms with Crippen molar-refractivity contribution in [1.82, 2.24) is 9.88 Å². The first-order valence-electron chi connectivity index (χ1n) is 6.69. The lowest BCUT2D eigenvalue weighted by Crippen LogP contribution is -2.39. The molecule has 0 radical (unpaired) electrons. The van der Waals surface area contributed by atoms with Gasteiger partial charge in [0.2, 0.25) is 5.91 Å². The Morgan fingerprint density at radius 3 is 2.62 bits per heavy atom. The lowest BCUT2D eigenvalue weighted by Gasteiger charge is -2.29. The molecule has 0 spiro atoms. The number of piperidine rings is 1. The van der Waals surface area contributed by atoms with Crippen LogP contribution >= 0.6 is 11.3 Å². The summed E-state index contributed by atoms with van der Waals surface area (Å²) in [6, 6.07) is 0.223. The van der Waals surface area contributed by atoms with Gasteiger partial charge in [-0.1, -0.05) is 11.3 Å². The molecule has 0 bridgehead atoms. The van der Waals surface area contributed by atoms with Crippen molar-refractivity contribution in [3.05, 3.63) is 4.88 Å². The Labute approximate surface area is 126 Å². The molecular weight excluding hydrogens is 292 g/mol. The molecule has 1 aromatic rings. The van der Waals surface area contributed by atoms with E-state index in [2.05, 4.69) is 9.88 Å². The van der Waals surface area contributed by atoms with E-state index in [1.165, 1.54) is 23.3 Å². The standard InChI is InChI=1S/C12H20N6O2S/c1-17(6-8(14)19)11(20)9-10(15)16-12(21-9)18-4-2-7(13)3-5-18/h7H,2-6,13,15H2,1H3,(H2,14,19). The average molecular weight is 312 g/mol. The van der Waals surface area contributed by atoms with Crippen LogP contribution in [-0.4, -0.2) is 54.4 Å². The zero-order valence-corrected chi connectivity index (χ0v) is 12.7. The molecule has 1 aromatic heterocycles. The summed E-state index contributed by atoms with van der Waals surface area (Å²) in [5, 5.41) is 0.718. The van der Waals surface area contributed by atoms with E-state index in [0.717, 1.165) is 31.1 Å². The summed E-state index contributed by atoms with van der Waals surface area (Å²) < 4.78 is 0. The van der Waals surface area contributed by atoms with E-state index in [4.69, 9.17) is 17.2 Å². The Morgan fingerprint density at radius 1 is 1.43 bits per heavy atom. The van der Waals surface area contributed by atoms with Crippen molar-refractivity contribution in [1.29, 1.82) is 0 Å². The maximum Gasteiger partial charge on any atom is 0.268 e. The van der Waals surface area contributed by atoms with Gasteiger partial charge in [-0.25, -0.2) is 4.98 Å². The topological polar surface area (TPSA) is 132 Å². The summed E-state index contributed by atoms with van der Waals surface area (Å²) in [7, 11) is 1.51. The van der Waals surface area contributed by atoms with Crippen molar-refractivity contribution in [3.63, 3.8) is 0 Å². The van der Waals surface area contributed by atoms with Gasteiger partial charge in [0, 0.05) is 26.2 Å². The lowest BCUT2D eigenvalue weighted by molar-refractivity contribution is -0.118. The molecule has 1 aliphatic heterocycles. The van der Waals surface area contributed by atoms with E-state index in [9.17, 15) is 9.59 Å². The minimum absolute atomic E-state index is 0.149. The molecule has 116 valence electrons. The quantitative estimate of drug-likeness (QED) is 0.667. The molecule has 21 heavy (non-hydrogen) atoms. The van der Waals surface area contributed by atoms with Crippen molar-refractivity contribution in [2.75, 3.05) is 37.3 Å². The van der Waals surface area contributed by atoms with Crippen LogP contribution in [0.3, 0.4) is 0 Å². The molecular formula is C12H20N6O2S. The molecule has 0 aromatic carbocycles. The molecule has 1 saturated heterocycles. The lowest BCUT2D eigenvalue weighted by atomic mass is 10.1. The number of primary amides is 1. The van der Waals surface area contributed by atoms with Crippen molar-refractivity contribution in [2.24, 2.45) is 11.5 Å². The summed E-state index contributed by atoms with van der Waals surface area (Å²) in [5.41, 5.74) is 16.8. The van der Waals surface area contributed by atoms with E-state index in [1.807, 2.05) is 0 Å². The molecule has 2 rings (SSSR count). The van der Waals surface area contributed by atoms with Gasteiger partial charge in [0.15, 0.2) is 5.13 Å². The number of rotatable bonds is 4. The number of carbonyl (C=O) groups is 2. The number of hydrogen-bond acceptors (Lipinski definition) is 7. The van der Waals surface area contributed by atoms with Crippen molar-refractivity contribution in [2.45, 2.75) is 18.9 Å². The molecule has 9 heteroatoms. The highest BCUT2D eigenvalue weighted by atomic mass is 32.1. The van der Waals surface area contributed by atoms with Crippen LogP contribution in [0.2, 0.25) is 0 Å². The SMILES string of the molecule is CN(CC(N)=O)C(=O)c1sc(N2CCC(N)CC2)nc1N. The Bertz CT molecular complexity index is 538. The number of carbonyl (C=O) groups excluding carboxylic acids is 2. The number of nitrogens with two attached hydrogens (primary N) is 3. The first-order chi connectivity index (χ1) is 9.88. The van der Waals surface area contributed by atoms with Gasteiger partial charge in [-0.2, -0.15) is 0 Å². The normalized spacial score (nSPS) is 16.0. The van der Waals surface area contributed by atoms with Gasteiger partial charge in [0.05, 0.1) is 6.54 Å². The van der Waals surface area contributed by atoms with Crippen molar-refractivity contribution in [3.8, 4) is 0 Å². The maximum atomic E-state index is 12.2. The van der Waals surface area contributed by atoms with Gasteiger partial charge in [-0.15, -0.1) is 0 Å². The highest BCUT2D eigenvalue weighted by molar-refractivity contribution is 7.18. The molecule has 0 saturated carbocycles. The monoisotopic (exact) mass is 312 g/mol. The van der Waals surface area contributed by atoms with Crippen LogP contribution in [0, 0.1) is 0 Å². The van der Waals surface area contributed by atoms with Gasteiger partial charge in [-0.3, -0.25) is 9.59 Å². The Morgan fingerprint density at radius 2 is 2.05 bits per heavy atom. The minimum Gasteiger partial charge on any atom is -0.382 e. The summed E-state index contributed by atoms with van der Waals surface area (Å²) in [6.07, 6.45) is 1.79. The first-order valence-corrected chi connectivity index (χ1v) is 7.50. The highest BCUT2D eigenvalue weighted by Crippen LogP contribution is 2.30. The van der Waals surface area contributed by atoms with Gasteiger partial charge in [0.25, 0.3) is 5.91 Å². The third kappa shape index (κ3) is 3.61. The predicted octanol–water partition coefficient (Wildman–Crippen LogP) is -0.790. The maximum absolute atomic E-state index is 12.2. The summed E-state index contributed by atoms with van der Waals surface area (Å²) >= 11 is 1.24. The zero-order chi connectivity index (χ0) is 15.6. The summed E-state index contributed by atoms with van der Waals surface area (Å²) in [6.45, 7) is 1.46. The molecule has 1 aliphatic rings. The molecule has 2 heterocycles. The van der Waals surface area contributed by atoms with Crippen LogP contribution in [0.15, 0.2) is 0 Å². The number of anilines is 2. The molecule has 0 unspecified atom stereocenters. The fourth-order valence-electron chi connectivity index (χ4n) is 2.18.